The van der Waals surface area contributed by atoms with Crippen molar-refractivity contribution in [3.05, 3.63) is 63.3 Å². The predicted octanol–water partition coefficient (Wildman–Crippen LogP) is 5.05. The van der Waals surface area contributed by atoms with Gasteiger partial charge in [0.2, 0.25) is 0 Å². The molecule has 0 unspecified atom stereocenters. The second kappa shape index (κ2) is 10.7. The molecule has 2 aromatic rings. The molecule has 7 nitrogen and oxygen atoms in total. The van der Waals surface area contributed by atoms with E-state index in [2.05, 4.69) is 0 Å². The quantitative estimate of drug-likeness (QED) is 0.375. The van der Waals surface area contributed by atoms with Crippen LogP contribution in [0.5, 0.6) is 11.5 Å². The number of thioether (sulfide) groups is 1. The van der Waals surface area contributed by atoms with E-state index in [1.165, 1.54) is 25.3 Å². The summed E-state index contributed by atoms with van der Waals surface area (Å²) < 4.78 is 29.2. The normalized spacial score (nSPS) is 14.8. The summed E-state index contributed by atoms with van der Waals surface area (Å²) in [7, 11) is 1.44. The van der Waals surface area contributed by atoms with Gasteiger partial charge < -0.3 is 14.2 Å². The fourth-order valence-electron chi connectivity index (χ4n) is 2.92. The molecule has 1 fully saturated rings. The molecular weight excluding hydrogens is 473 g/mol. The summed E-state index contributed by atoms with van der Waals surface area (Å²) in [5.41, 5.74) is 1.24. The highest BCUT2D eigenvalue weighted by Crippen LogP contribution is 2.39. The molecule has 2 amide bonds. The Hall–Kier alpha value is -3.04. The number of nitrogens with zero attached hydrogens (tertiary/aromatic N) is 1. The molecule has 1 heterocycles. The summed E-state index contributed by atoms with van der Waals surface area (Å²) in [5, 5.41) is -0.341. The van der Waals surface area contributed by atoms with Crippen LogP contribution in [0.25, 0.3) is 6.08 Å². The summed E-state index contributed by atoms with van der Waals surface area (Å²) in [5.74, 6) is -1.01. The highest BCUT2D eigenvalue weighted by atomic mass is 35.5. The standard InChI is InChI=1S/C23H21ClFNO6S/c1-13(2)32-20(27)11-26-22(28)19(33-23(26)29)10-15-8-17(24)21(18(9-15)30-3)31-12-14-4-6-16(25)7-5-14/h4-10,13H,11-12H2,1-3H3/b19-10-. The Bertz CT molecular complexity index is 1100. The smallest absolute Gasteiger partial charge is 0.326 e. The van der Waals surface area contributed by atoms with Crippen molar-refractivity contribution in [1.82, 2.24) is 4.90 Å². The molecule has 10 heteroatoms. The summed E-state index contributed by atoms with van der Waals surface area (Å²) in [6.07, 6.45) is 1.13. The lowest BCUT2D eigenvalue weighted by atomic mass is 10.1. The van der Waals surface area contributed by atoms with Crippen molar-refractivity contribution < 1.29 is 33.0 Å². The molecule has 1 aliphatic rings. The first-order chi connectivity index (χ1) is 15.7. The Morgan fingerprint density at radius 3 is 2.55 bits per heavy atom. The molecule has 0 aromatic heterocycles. The molecule has 0 atom stereocenters. The summed E-state index contributed by atoms with van der Waals surface area (Å²) in [4.78, 5) is 37.7. The van der Waals surface area contributed by atoms with Gasteiger partial charge in [0.1, 0.15) is 19.0 Å². The van der Waals surface area contributed by atoms with E-state index in [0.29, 0.717) is 23.1 Å². The molecule has 0 spiro atoms. The molecule has 0 saturated carbocycles. The largest absolute Gasteiger partial charge is 0.493 e. The van der Waals surface area contributed by atoms with E-state index in [9.17, 15) is 18.8 Å². The van der Waals surface area contributed by atoms with E-state index < -0.39 is 23.7 Å². The van der Waals surface area contributed by atoms with Crippen molar-refractivity contribution in [3.63, 3.8) is 0 Å². The topological polar surface area (TPSA) is 82.1 Å². The van der Waals surface area contributed by atoms with Crippen LogP contribution >= 0.6 is 23.4 Å². The number of esters is 1. The number of ether oxygens (including phenoxy) is 3. The zero-order chi connectivity index (χ0) is 24.1. The summed E-state index contributed by atoms with van der Waals surface area (Å²) >= 11 is 7.09. The molecule has 2 aromatic carbocycles. The van der Waals surface area contributed by atoms with Crippen molar-refractivity contribution in [2.24, 2.45) is 0 Å². The van der Waals surface area contributed by atoms with Crippen LogP contribution in [0.1, 0.15) is 25.0 Å². The average Bonchev–Trinajstić information content (AvgIpc) is 3.00. The van der Waals surface area contributed by atoms with Crippen LogP contribution in [0, 0.1) is 5.82 Å². The Morgan fingerprint density at radius 1 is 1.21 bits per heavy atom. The Labute approximate surface area is 199 Å². The lowest BCUT2D eigenvalue weighted by molar-refractivity contribution is -0.149. The second-order valence-corrected chi connectivity index (χ2v) is 8.66. The number of carbonyl (C=O) groups is 3. The van der Waals surface area contributed by atoms with E-state index in [-0.39, 0.29) is 34.2 Å². The number of carbonyl (C=O) groups excluding carboxylic acids is 3. The monoisotopic (exact) mass is 493 g/mol. The summed E-state index contributed by atoms with van der Waals surface area (Å²) in [6.45, 7) is 3.03. The fraction of sp³-hybridized carbons (Fsp3) is 0.261. The molecule has 174 valence electrons. The van der Waals surface area contributed by atoms with E-state index in [1.54, 1.807) is 38.1 Å². The third-order valence-corrected chi connectivity index (χ3v) is 5.56. The number of rotatable bonds is 8. The minimum atomic E-state index is -0.666. The lowest BCUT2D eigenvalue weighted by Gasteiger charge is -2.14. The Kier molecular flexibility index (Phi) is 7.99. The first kappa shape index (κ1) is 24.6. The molecule has 33 heavy (non-hydrogen) atoms. The minimum Gasteiger partial charge on any atom is -0.493 e. The van der Waals surface area contributed by atoms with Gasteiger partial charge in [-0.05, 0) is 67.1 Å². The van der Waals surface area contributed by atoms with E-state index in [0.717, 1.165) is 10.5 Å². The van der Waals surface area contributed by atoms with Gasteiger partial charge in [-0.15, -0.1) is 0 Å². The van der Waals surface area contributed by atoms with Gasteiger partial charge in [-0.25, -0.2) is 4.39 Å². The van der Waals surface area contributed by atoms with Crippen LogP contribution < -0.4 is 9.47 Å². The number of methoxy groups -OCH3 is 1. The molecule has 0 bridgehead atoms. The molecule has 3 rings (SSSR count). The Morgan fingerprint density at radius 2 is 1.91 bits per heavy atom. The van der Waals surface area contributed by atoms with Gasteiger partial charge in [0.05, 0.1) is 23.1 Å². The van der Waals surface area contributed by atoms with Gasteiger partial charge in [0, 0.05) is 0 Å². The maximum atomic E-state index is 13.1. The highest BCUT2D eigenvalue weighted by molar-refractivity contribution is 8.18. The zero-order valence-corrected chi connectivity index (χ0v) is 19.7. The van der Waals surface area contributed by atoms with Crippen molar-refractivity contribution in [1.29, 1.82) is 0 Å². The number of amides is 2. The number of benzene rings is 2. The number of halogens is 2. The van der Waals surface area contributed by atoms with Gasteiger partial charge in [-0.2, -0.15) is 0 Å². The van der Waals surface area contributed by atoms with Crippen LogP contribution in [-0.2, 0) is 20.9 Å². The van der Waals surface area contributed by atoms with E-state index in [1.807, 2.05) is 0 Å². The van der Waals surface area contributed by atoms with Crippen LogP contribution in [-0.4, -0.2) is 41.8 Å². The van der Waals surface area contributed by atoms with Crippen molar-refractivity contribution in [2.45, 2.75) is 26.6 Å². The van der Waals surface area contributed by atoms with Crippen LogP contribution in [0.2, 0.25) is 5.02 Å². The number of imide groups is 1. The van der Waals surface area contributed by atoms with Gasteiger partial charge in [-0.1, -0.05) is 23.7 Å². The molecule has 1 saturated heterocycles. The second-order valence-electron chi connectivity index (χ2n) is 7.26. The van der Waals surface area contributed by atoms with Crippen LogP contribution in [0.4, 0.5) is 9.18 Å². The first-order valence-electron chi connectivity index (χ1n) is 9.87. The lowest BCUT2D eigenvalue weighted by Crippen LogP contribution is -2.35. The minimum absolute atomic E-state index is 0.135. The summed E-state index contributed by atoms with van der Waals surface area (Å²) in [6, 6.07) is 9.01. The van der Waals surface area contributed by atoms with Crippen LogP contribution in [0.3, 0.4) is 0 Å². The van der Waals surface area contributed by atoms with Crippen molar-refractivity contribution in [2.75, 3.05) is 13.7 Å². The van der Waals surface area contributed by atoms with Crippen molar-refractivity contribution in [3.8, 4) is 11.5 Å². The number of hydrogen-bond acceptors (Lipinski definition) is 7. The van der Waals surface area contributed by atoms with Crippen LogP contribution in [0.15, 0.2) is 41.3 Å². The van der Waals surface area contributed by atoms with E-state index in [4.69, 9.17) is 25.8 Å². The molecule has 0 aliphatic carbocycles. The Balaban J connectivity index is 1.77. The van der Waals surface area contributed by atoms with Gasteiger partial charge in [-0.3, -0.25) is 19.3 Å². The molecular formula is C23H21ClFNO6S. The fourth-order valence-corrected chi connectivity index (χ4v) is 4.03. The van der Waals surface area contributed by atoms with Gasteiger partial charge in [0.25, 0.3) is 11.1 Å². The average molecular weight is 494 g/mol. The first-order valence-corrected chi connectivity index (χ1v) is 11.1. The van der Waals surface area contributed by atoms with Crippen molar-refractivity contribution >= 4 is 46.6 Å². The van der Waals surface area contributed by atoms with E-state index >= 15 is 0 Å². The zero-order valence-electron chi connectivity index (χ0n) is 18.1. The SMILES string of the molecule is COc1cc(/C=C2\SC(=O)N(CC(=O)OC(C)C)C2=O)cc(Cl)c1OCc1ccc(F)cc1. The molecule has 0 radical (unpaired) electrons. The third kappa shape index (κ3) is 6.27. The van der Waals surface area contributed by atoms with Gasteiger partial charge in [0.15, 0.2) is 11.5 Å². The van der Waals surface area contributed by atoms with Gasteiger partial charge >= 0.3 is 5.97 Å². The predicted molar refractivity (Wildman–Crippen MR) is 123 cm³/mol. The number of hydrogen-bond donors (Lipinski definition) is 0. The maximum absolute atomic E-state index is 13.1. The molecule has 1 aliphatic heterocycles. The maximum Gasteiger partial charge on any atom is 0.326 e. The molecule has 0 N–H and O–H groups in total. The highest BCUT2D eigenvalue weighted by Gasteiger charge is 2.36. The third-order valence-electron chi connectivity index (χ3n) is 4.37.